The van der Waals surface area contributed by atoms with Crippen molar-refractivity contribution in [1.82, 2.24) is 4.90 Å². The molecule has 0 saturated heterocycles. The molecule has 0 aromatic heterocycles. The Kier molecular flexibility index (Phi) is 7.94. The summed E-state index contributed by atoms with van der Waals surface area (Å²) in [4.78, 5) is 26.7. The first-order valence-corrected chi connectivity index (χ1v) is 10.8. The van der Waals surface area contributed by atoms with Gasteiger partial charge in [0.1, 0.15) is 6.04 Å². The Morgan fingerprint density at radius 2 is 1.53 bits per heavy atom. The smallest absolute Gasteiger partial charge is 0.416 e. The van der Waals surface area contributed by atoms with Gasteiger partial charge in [-0.3, -0.25) is 4.79 Å². The summed E-state index contributed by atoms with van der Waals surface area (Å²) < 4.78 is 40.4. The number of hydrogen-bond donors (Lipinski definition) is 2. The van der Waals surface area contributed by atoms with Crippen LogP contribution < -0.4 is 5.32 Å². The number of carbonyl (C=O) groups excluding carboxylic acids is 1. The second-order valence-electron chi connectivity index (χ2n) is 7.78. The lowest BCUT2D eigenvalue weighted by atomic mass is 10.0. The third-order valence-corrected chi connectivity index (χ3v) is 5.41. The predicted molar refractivity (Wildman–Crippen MR) is 123 cm³/mol. The number of anilines is 1. The zero-order valence-corrected chi connectivity index (χ0v) is 18.5. The Morgan fingerprint density at radius 1 is 0.941 bits per heavy atom. The third-order valence-electron chi connectivity index (χ3n) is 5.41. The highest BCUT2D eigenvalue weighted by Gasteiger charge is 2.34. The van der Waals surface area contributed by atoms with E-state index in [0.717, 1.165) is 22.6 Å². The number of carboxylic acids is 1. The molecule has 0 aliphatic carbocycles. The van der Waals surface area contributed by atoms with Crippen molar-refractivity contribution in [2.75, 3.05) is 5.32 Å². The maximum atomic E-state index is 13.6. The maximum absolute atomic E-state index is 13.6. The van der Waals surface area contributed by atoms with E-state index in [0.29, 0.717) is 5.56 Å². The third kappa shape index (κ3) is 6.15. The molecule has 0 heterocycles. The highest BCUT2D eigenvalue weighted by molar-refractivity contribution is 6.01. The SMILES string of the molecule is CCC(C(=O)O)N(Cc1ccccc1)C(=O)c1cc(C(F)(F)F)ccc1NCc1ccccc1. The van der Waals surface area contributed by atoms with Gasteiger partial charge in [-0.05, 0) is 35.7 Å². The van der Waals surface area contributed by atoms with Crippen molar-refractivity contribution in [1.29, 1.82) is 0 Å². The van der Waals surface area contributed by atoms with Crippen molar-refractivity contribution in [2.45, 2.75) is 38.7 Å². The molecule has 34 heavy (non-hydrogen) atoms. The number of alkyl halides is 3. The molecule has 1 amide bonds. The number of rotatable bonds is 9. The van der Waals surface area contributed by atoms with Gasteiger partial charge in [-0.25, -0.2) is 4.79 Å². The van der Waals surface area contributed by atoms with Crippen LogP contribution >= 0.6 is 0 Å². The molecule has 2 N–H and O–H groups in total. The fraction of sp³-hybridized carbons (Fsp3) is 0.231. The fourth-order valence-electron chi connectivity index (χ4n) is 3.63. The van der Waals surface area contributed by atoms with Crippen LogP contribution in [0, 0.1) is 0 Å². The summed E-state index contributed by atoms with van der Waals surface area (Å²) in [5.74, 6) is -2.02. The van der Waals surface area contributed by atoms with Crippen molar-refractivity contribution < 1.29 is 27.9 Å². The number of nitrogens with one attached hydrogen (secondary N) is 1. The van der Waals surface area contributed by atoms with Crippen LogP contribution in [0.5, 0.6) is 0 Å². The van der Waals surface area contributed by atoms with E-state index in [1.807, 2.05) is 30.3 Å². The number of halogens is 3. The zero-order valence-electron chi connectivity index (χ0n) is 18.5. The Balaban J connectivity index is 2.03. The van der Waals surface area contributed by atoms with Crippen LogP contribution in [0.1, 0.15) is 40.4 Å². The summed E-state index contributed by atoms with van der Waals surface area (Å²) in [5.41, 5.74) is 0.519. The molecule has 0 bridgehead atoms. The van der Waals surface area contributed by atoms with E-state index in [2.05, 4.69) is 5.32 Å². The molecule has 5 nitrogen and oxygen atoms in total. The van der Waals surface area contributed by atoms with E-state index in [1.54, 1.807) is 37.3 Å². The van der Waals surface area contributed by atoms with Gasteiger partial charge in [-0.15, -0.1) is 0 Å². The largest absolute Gasteiger partial charge is 0.480 e. The van der Waals surface area contributed by atoms with E-state index < -0.39 is 29.7 Å². The van der Waals surface area contributed by atoms with Gasteiger partial charge in [0.05, 0.1) is 11.1 Å². The van der Waals surface area contributed by atoms with Gasteiger partial charge in [0.25, 0.3) is 5.91 Å². The number of amides is 1. The van der Waals surface area contributed by atoms with E-state index in [1.165, 1.54) is 6.07 Å². The molecular weight excluding hydrogens is 445 g/mol. The molecule has 0 aliphatic rings. The quantitative estimate of drug-likeness (QED) is 0.413. The highest BCUT2D eigenvalue weighted by Crippen LogP contribution is 2.33. The van der Waals surface area contributed by atoms with Crippen molar-refractivity contribution in [2.24, 2.45) is 0 Å². The molecule has 3 aromatic carbocycles. The fourth-order valence-corrected chi connectivity index (χ4v) is 3.63. The standard InChI is InChI=1S/C26H25F3N2O3/c1-2-23(25(33)34)31(17-19-11-7-4-8-12-19)24(32)21-15-20(26(27,28)29)13-14-22(21)30-16-18-9-5-3-6-10-18/h3-15,23,30H,2,16-17H2,1H3,(H,33,34). The van der Waals surface area contributed by atoms with E-state index in [4.69, 9.17) is 0 Å². The molecule has 0 aliphatic heterocycles. The number of hydrogen-bond acceptors (Lipinski definition) is 3. The van der Waals surface area contributed by atoms with Gasteiger partial charge >= 0.3 is 12.1 Å². The Bertz CT molecular complexity index is 1120. The molecule has 178 valence electrons. The minimum atomic E-state index is -4.66. The normalized spacial score (nSPS) is 12.1. The summed E-state index contributed by atoms with van der Waals surface area (Å²) in [5, 5.41) is 12.8. The number of benzene rings is 3. The summed E-state index contributed by atoms with van der Waals surface area (Å²) >= 11 is 0. The zero-order chi connectivity index (χ0) is 24.7. The van der Waals surface area contributed by atoms with Crippen LogP contribution in [-0.4, -0.2) is 27.9 Å². The molecule has 0 radical (unpaired) electrons. The molecule has 3 aromatic rings. The molecule has 8 heteroatoms. The van der Waals surface area contributed by atoms with Crippen LogP contribution in [0.25, 0.3) is 0 Å². The lowest BCUT2D eigenvalue weighted by Crippen LogP contribution is -2.44. The van der Waals surface area contributed by atoms with Gasteiger partial charge in [-0.1, -0.05) is 67.6 Å². The Hall–Kier alpha value is -3.81. The van der Waals surface area contributed by atoms with Gasteiger partial charge in [0, 0.05) is 18.8 Å². The predicted octanol–water partition coefficient (Wildman–Crippen LogP) is 5.82. The number of aliphatic carboxylic acids is 1. The molecule has 0 saturated carbocycles. The minimum absolute atomic E-state index is 0.0567. The molecule has 1 atom stereocenters. The molecule has 0 fully saturated rings. The Labute approximate surface area is 195 Å². The number of carbonyl (C=O) groups is 2. The lowest BCUT2D eigenvalue weighted by molar-refractivity contribution is -0.142. The highest BCUT2D eigenvalue weighted by atomic mass is 19.4. The van der Waals surface area contributed by atoms with E-state index in [-0.39, 0.29) is 30.8 Å². The first-order valence-electron chi connectivity index (χ1n) is 10.8. The van der Waals surface area contributed by atoms with Gasteiger partial charge in [0.15, 0.2) is 0 Å². The summed E-state index contributed by atoms with van der Waals surface area (Å²) in [6.07, 6.45) is -4.56. The Morgan fingerprint density at radius 3 is 2.06 bits per heavy atom. The molecule has 0 spiro atoms. The second kappa shape index (κ2) is 10.9. The van der Waals surface area contributed by atoms with Crippen molar-refractivity contribution in [3.8, 4) is 0 Å². The van der Waals surface area contributed by atoms with Crippen LogP contribution in [0.4, 0.5) is 18.9 Å². The lowest BCUT2D eigenvalue weighted by Gasteiger charge is -2.29. The maximum Gasteiger partial charge on any atom is 0.416 e. The first-order chi connectivity index (χ1) is 16.2. The second-order valence-corrected chi connectivity index (χ2v) is 7.78. The van der Waals surface area contributed by atoms with Gasteiger partial charge < -0.3 is 15.3 Å². The van der Waals surface area contributed by atoms with Gasteiger partial charge in [0.2, 0.25) is 0 Å². The number of nitrogens with zero attached hydrogens (tertiary/aromatic N) is 1. The average molecular weight is 470 g/mol. The molecule has 3 rings (SSSR count). The van der Waals surface area contributed by atoms with Crippen LogP contribution in [-0.2, 0) is 24.1 Å². The molecule has 1 unspecified atom stereocenters. The van der Waals surface area contributed by atoms with Crippen LogP contribution in [0.15, 0.2) is 78.9 Å². The van der Waals surface area contributed by atoms with E-state index in [9.17, 15) is 27.9 Å². The average Bonchev–Trinajstić information content (AvgIpc) is 2.82. The van der Waals surface area contributed by atoms with Crippen LogP contribution in [0.3, 0.4) is 0 Å². The first kappa shape index (κ1) is 24.8. The monoisotopic (exact) mass is 470 g/mol. The topological polar surface area (TPSA) is 69.6 Å². The van der Waals surface area contributed by atoms with E-state index >= 15 is 0 Å². The van der Waals surface area contributed by atoms with Crippen LogP contribution in [0.2, 0.25) is 0 Å². The number of carboxylic acid groups (broad SMARTS) is 1. The van der Waals surface area contributed by atoms with Gasteiger partial charge in [-0.2, -0.15) is 13.2 Å². The minimum Gasteiger partial charge on any atom is -0.480 e. The summed E-state index contributed by atoms with van der Waals surface area (Å²) in [6.45, 7) is 1.84. The van der Waals surface area contributed by atoms with Crippen molar-refractivity contribution >= 4 is 17.6 Å². The summed E-state index contributed by atoms with van der Waals surface area (Å²) in [6, 6.07) is 19.6. The van der Waals surface area contributed by atoms with Crippen molar-refractivity contribution in [3.05, 3.63) is 101 Å². The molecular formula is C26H25F3N2O3. The van der Waals surface area contributed by atoms with Crippen molar-refractivity contribution in [3.63, 3.8) is 0 Å². The summed E-state index contributed by atoms with van der Waals surface area (Å²) in [7, 11) is 0.